The van der Waals surface area contributed by atoms with Crippen LogP contribution in [0, 0.1) is 18.3 Å². The molecule has 0 bridgehead atoms. The molecule has 0 amide bonds. The van der Waals surface area contributed by atoms with Crippen LogP contribution in [-0.4, -0.2) is 4.57 Å². The van der Waals surface area contributed by atoms with E-state index in [1.165, 1.54) is 5.56 Å². The maximum Gasteiger partial charge on any atom is 0.288 e. The summed E-state index contributed by atoms with van der Waals surface area (Å²) >= 11 is 0. The van der Waals surface area contributed by atoms with Gasteiger partial charge in [0.2, 0.25) is 0 Å². The maximum atomic E-state index is 9.05. The quantitative estimate of drug-likeness (QED) is 0.504. The van der Waals surface area contributed by atoms with E-state index >= 15 is 0 Å². The Kier molecular flexibility index (Phi) is 2.79. The molecule has 0 saturated carbocycles. The molecular formula is C19H16N3O+. The lowest BCUT2D eigenvalue weighted by molar-refractivity contribution is -0.659. The molecule has 0 aliphatic carbocycles. The molecule has 0 saturated heterocycles. The molecule has 23 heavy (non-hydrogen) atoms. The van der Waals surface area contributed by atoms with Crippen LogP contribution in [0.3, 0.4) is 0 Å². The van der Waals surface area contributed by atoms with E-state index in [0.717, 1.165) is 33.3 Å². The van der Waals surface area contributed by atoms with E-state index in [2.05, 4.69) is 34.3 Å². The van der Waals surface area contributed by atoms with Crippen LogP contribution in [0.2, 0.25) is 0 Å². The molecule has 4 aromatic rings. The summed E-state index contributed by atoms with van der Waals surface area (Å²) in [5.41, 5.74) is 4.56. The Bertz CT molecular complexity index is 1090. The van der Waals surface area contributed by atoms with Crippen LogP contribution < -0.4 is 4.57 Å². The number of aromatic nitrogens is 2. The number of fused-ring (bicyclic) bond motifs is 3. The van der Waals surface area contributed by atoms with Gasteiger partial charge in [0.15, 0.2) is 0 Å². The molecule has 4 rings (SSSR count). The third-order valence-electron chi connectivity index (χ3n) is 4.37. The molecule has 2 aromatic heterocycles. The number of hydrogen-bond donors (Lipinski definition) is 0. The van der Waals surface area contributed by atoms with Crippen LogP contribution in [-0.2, 0) is 14.1 Å². The molecule has 4 heteroatoms. The monoisotopic (exact) mass is 302 g/mol. The van der Waals surface area contributed by atoms with Crippen LogP contribution >= 0.6 is 0 Å². The van der Waals surface area contributed by atoms with Crippen LogP contribution in [0.5, 0.6) is 0 Å². The van der Waals surface area contributed by atoms with Crippen molar-refractivity contribution in [3.8, 4) is 17.5 Å². The van der Waals surface area contributed by atoms with Gasteiger partial charge in [-0.3, -0.25) is 0 Å². The molecular weight excluding hydrogens is 286 g/mol. The minimum atomic E-state index is 0.613. The zero-order chi connectivity index (χ0) is 16.1. The van der Waals surface area contributed by atoms with Gasteiger partial charge in [-0.25, -0.2) is 9.13 Å². The lowest BCUT2D eigenvalue weighted by Gasteiger charge is -2.03. The first-order chi connectivity index (χ1) is 11.1. The predicted molar refractivity (Wildman–Crippen MR) is 88.8 cm³/mol. The van der Waals surface area contributed by atoms with E-state index in [0.29, 0.717) is 5.56 Å². The van der Waals surface area contributed by atoms with Gasteiger partial charge in [0, 0.05) is 10.8 Å². The minimum Gasteiger partial charge on any atom is -0.456 e. The van der Waals surface area contributed by atoms with Crippen molar-refractivity contribution in [1.29, 1.82) is 5.26 Å². The normalized spacial score (nSPS) is 11.2. The highest BCUT2D eigenvalue weighted by atomic mass is 16.3. The van der Waals surface area contributed by atoms with Crippen molar-refractivity contribution in [3.05, 3.63) is 53.9 Å². The van der Waals surface area contributed by atoms with Crippen LogP contribution in [0.25, 0.3) is 33.3 Å². The van der Waals surface area contributed by atoms with Crippen molar-refractivity contribution < 1.29 is 8.98 Å². The maximum absolute atomic E-state index is 9.05. The minimum absolute atomic E-state index is 0.613. The summed E-state index contributed by atoms with van der Waals surface area (Å²) in [6.45, 7) is 2.12. The van der Waals surface area contributed by atoms with Gasteiger partial charge in [0.25, 0.3) is 5.82 Å². The van der Waals surface area contributed by atoms with Gasteiger partial charge < -0.3 is 4.42 Å². The molecule has 0 spiro atoms. The number of aryl methyl sites for hydroxylation is 3. The largest absolute Gasteiger partial charge is 0.456 e. The first-order valence-corrected chi connectivity index (χ1v) is 7.47. The Balaban J connectivity index is 2.04. The van der Waals surface area contributed by atoms with Crippen molar-refractivity contribution in [1.82, 2.24) is 4.57 Å². The number of benzene rings is 2. The molecule has 0 N–H and O–H groups in total. The van der Waals surface area contributed by atoms with Crippen molar-refractivity contribution in [2.24, 2.45) is 14.1 Å². The molecule has 112 valence electrons. The van der Waals surface area contributed by atoms with Gasteiger partial charge in [-0.2, -0.15) is 5.26 Å². The van der Waals surface area contributed by atoms with E-state index in [1.807, 2.05) is 38.6 Å². The lowest BCUT2D eigenvalue weighted by atomic mass is 10.0. The van der Waals surface area contributed by atoms with E-state index in [-0.39, 0.29) is 0 Å². The number of nitrogens with zero attached hydrogens (tertiary/aromatic N) is 3. The Morgan fingerprint density at radius 1 is 1.13 bits per heavy atom. The fraction of sp³-hybridized carbons (Fsp3) is 0.158. The summed E-state index contributed by atoms with van der Waals surface area (Å²) in [6, 6.07) is 12.0. The molecule has 2 aromatic carbocycles. The van der Waals surface area contributed by atoms with Gasteiger partial charge >= 0.3 is 0 Å². The van der Waals surface area contributed by atoms with Crippen LogP contribution in [0.1, 0.15) is 11.1 Å². The van der Waals surface area contributed by atoms with E-state index in [4.69, 9.17) is 9.68 Å². The van der Waals surface area contributed by atoms with Crippen LogP contribution in [0.15, 0.2) is 47.1 Å². The highest BCUT2D eigenvalue weighted by Crippen LogP contribution is 2.34. The molecule has 0 unspecified atom stereocenters. The number of hydrogen-bond acceptors (Lipinski definition) is 2. The summed E-state index contributed by atoms with van der Waals surface area (Å²) in [4.78, 5) is 0. The van der Waals surface area contributed by atoms with Crippen molar-refractivity contribution in [3.63, 3.8) is 0 Å². The number of imidazole rings is 1. The highest BCUT2D eigenvalue weighted by molar-refractivity contribution is 6.06. The van der Waals surface area contributed by atoms with Crippen LogP contribution in [0.4, 0.5) is 0 Å². The second-order valence-corrected chi connectivity index (χ2v) is 5.93. The number of nitriles is 1. The molecule has 0 aliphatic rings. The molecule has 0 atom stereocenters. The van der Waals surface area contributed by atoms with Crippen molar-refractivity contribution >= 4 is 21.9 Å². The van der Waals surface area contributed by atoms with E-state index in [1.54, 1.807) is 6.07 Å². The first kappa shape index (κ1) is 13.6. The predicted octanol–water partition coefficient (Wildman–Crippen LogP) is 3.60. The summed E-state index contributed by atoms with van der Waals surface area (Å²) in [6.07, 6.45) is 4.08. The standard InChI is InChI=1S/C19H16N3O/c1-12-8-16-14-5-4-13(11-20)9-17(14)23-18(16)10-15(12)19-21(2)6-7-22(19)3/h4-10H,1-3H3/q+1. The van der Waals surface area contributed by atoms with Crippen molar-refractivity contribution in [2.75, 3.05) is 0 Å². The Labute approximate surface area is 133 Å². The van der Waals surface area contributed by atoms with E-state index in [9.17, 15) is 0 Å². The zero-order valence-electron chi connectivity index (χ0n) is 13.3. The summed E-state index contributed by atoms with van der Waals surface area (Å²) < 4.78 is 10.2. The van der Waals surface area contributed by atoms with Gasteiger partial charge in [0.05, 0.1) is 31.3 Å². The average molecular weight is 302 g/mol. The smallest absolute Gasteiger partial charge is 0.288 e. The van der Waals surface area contributed by atoms with Gasteiger partial charge in [-0.15, -0.1) is 0 Å². The second-order valence-electron chi connectivity index (χ2n) is 5.93. The zero-order valence-corrected chi connectivity index (χ0v) is 13.3. The average Bonchev–Trinajstić information content (AvgIpc) is 3.05. The molecule has 0 radical (unpaired) electrons. The molecule has 0 fully saturated rings. The fourth-order valence-corrected chi connectivity index (χ4v) is 3.21. The fourth-order valence-electron chi connectivity index (χ4n) is 3.21. The summed E-state index contributed by atoms with van der Waals surface area (Å²) in [7, 11) is 4.08. The van der Waals surface area contributed by atoms with Gasteiger partial charge in [-0.1, -0.05) is 0 Å². The highest BCUT2D eigenvalue weighted by Gasteiger charge is 2.19. The first-order valence-electron chi connectivity index (χ1n) is 7.47. The van der Waals surface area contributed by atoms with E-state index < -0.39 is 0 Å². The second kappa shape index (κ2) is 4.72. The SMILES string of the molecule is Cc1cc2c(cc1-c1n(C)cc[n+]1C)oc1cc(C#N)ccc12. The third-order valence-corrected chi connectivity index (χ3v) is 4.37. The third kappa shape index (κ3) is 1.94. The molecule has 4 nitrogen and oxygen atoms in total. The topological polar surface area (TPSA) is 45.7 Å². The molecule has 2 heterocycles. The number of rotatable bonds is 1. The Hall–Kier alpha value is -3.06. The van der Waals surface area contributed by atoms with Gasteiger partial charge in [0.1, 0.15) is 23.6 Å². The molecule has 0 aliphatic heterocycles. The van der Waals surface area contributed by atoms with Gasteiger partial charge in [-0.05, 0) is 42.8 Å². The number of furan rings is 1. The Morgan fingerprint density at radius 2 is 1.91 bits per heavy atom. The Morgan fingerprint density at radius 3 is 2.61 bits per heavy atom. The summed E-state index contributed by atoms with van der Waals surface area (Å²) in [5.74, 6) is 1.13. The lowest BCUT2D eigenvalue weighted by Crippen LogP contribution is -2.29. The van der Waals surface area contributed by atoms with Crippen molar-refractivity contribution in [2.45, 2.75) is 6.92 Å². The summed E-state index contributed by atoms with van der Waals surface area (Å²) in [5, 5.41) is 11.2.